The molecule has 0 bridgehead atoms. The van der Waals surface area contributed by atoms with E-state index in [1.807, 2.05) is 0 Å². The van der Waals surface area contributed by atoms with E-state index in [-0.39, 0.29) is 5.54 Å². The molecule has 0 amide bonds. The maximum atomic E-state index is 2.63. The van der Waals surface area contributed by atoms with Crippen LogP contribution in [-0.4, -0.2) is 4.57 Å². The van der Waals surface area contributed by atoms with Gasteiger partial charge in [-0.15, -0.1) is 0 Å². The van der Waals surface area contributed by atoms with Gasteiger partial charge in [-0.05, 0) is 89.1 Å². The van der Waals surface area contributed by atoms with Crippen molar-refractivity contribution >= 4 is 10.9 Å². The lowest BCUT2D eigenvalue weighted by atomic mass is 9.92. The SMILES string of the molecule is CCC(C)(CC)n1c(C)c(C)c2c(C)c(C)c(C)c(C)c21. The van der Waals surface area contributed by atoms with Crippen molar-refractivity contribution in [2.75, 3.05) is 0 Å². The van der Waals surface area contributed by atoms with E-state index in [9.17, 15) is 0 Å². The highest BCUT2D eigenvalue weighted by Gasteiger charge is 2.29. The number of rotatable bonds is 3. The van der Waals surface area contributed by atoms with Crippen LogP contribution in [0.25, 0.3) is 10.9 Å². The molecule has 21 heavy (non-hydrogen) atoms. The Kier molecular flexibility index (Phi) is 3.99. The molecule has 1 aromatic heterocycles. The third-order valence-electron chi connectivity index (χ3n) is 6.19. The molecular weight excluding hydrogens is 254 g/mol. The van der Waals surface area contributed by atoms with Crippen molar-refractivity contribution in [3.05, 3.63) is 33.5 Å². The number of aromatic nitrogens is 1. The van der Waals surface area contributed by atoms with Crippen molar-refractivity contribution in [2.45, 2.75) is 80.7 Å². The molecule has 0 fully saturated rings. The standard InChI is InChI=1S/C20H31N/c1-10-20(9,11-2)21-17(8)16(7)18-14(5)12(3)13(4)15(6)19(18)21/h10-11H2,1-9H3. The van der Waals surface area contributed by atoms with Crippen LogP contribution in [0.1, 0.15) is 67.1 Å². The first-order valence-electron chi connectivity index (χ1n) is 8.29. The van der Waals surface area contributed by atoms with Crippen LogP contribution >= 0.6 is 0 Å². The van der Waals surface area contributed by atoms with Gasteiger partial charge in [0.15, 0.2) is 0 Å². The van der Waals surface area contributed by atoms with Gasteiger partial charge < -0.3 is 4.57 Å². The lowest BCUT2D eigenvalue weighted by Gasteiger charge is -2.33. The normalized spacial score (nSPS) is 12.4. The van der Waals surface area contributed by atoms with Gasteiger partial charge in [-0.2, -0.15) is 0 Å². The van der Waals surface area contributed by atoms with Crippen LogP contribution in [0.5, 0.6) is 0 Å². The number of hydrogen-bond acceptors (Lipinski definition) is 0. The molecule has 0 saturated heterocycles. The van der Waals surface area contributed by atoms with Crippen molar-refractivity contribution in [1.82, 2.24) is 4.57 Å². The lowest BCUT2D eigenvalue weighted by Crippen LogP contribution is -2.29. The van der Waals surface area contributed by atoms with E-state index in [0.29, 0.717) is 0 Å². The van der Waals surface area contributed by atoms with E-state index < -0.39 is 0 Å². The summed E-state index contributed by atoms with van der Waals surface area (Å²) in [5.74, 6) is 0. The maximum Gasteiger partial charge on any atom is 0.0525 e. The molecule has 0 unspecified atom stereocenters. The Balaban J connectivity index is 3.08. The van der Waals surface area contributed by atoms with Gasteiger partial charge >= 0.3 is 0 Å². The third-order valence-corrected chi connectivity index (χ3v) is 6.19. The minimum atomic E-state index is 0.204. The molecule has 116 valence electrons. The van der Waals surface area contributed by atoms with Crippen molar-refractivity contribution in [2.24, 2.45) is 0 Å². The van der Waals surface area contributed by atoms with Crippen molar-refractivity contribution in [1.29, 1.82) is 0 Å². The molecule has 0 radical (unpaired) electrons. The number of nitrogens with zero attached hydrogens (tertiary/aromatic N) is 1. The smallest absolute Gasteiger partial charge is 0.0525 e. The summed E-state index contributed by atoms with van der Waals surface area (Å²) < 4.78 is 2.63. The van der Waals surface area contributed by atoms with Gasteiger partial charge in [0.2, 0.25) is 0 Å². The molecule has 1 aromatic carbocycles. The summed E-state index contributed by atoms with van der Waals surface area (Å²) in [6.45, 7) is 20.7. The second-order valence-electron chi connectivity index (χ2n) is 6.97. The zero-order valence-electron chi connectivity index (χ0n) is 15.4. The minimum absolute atomic E-state index is 0.204. The molecule has 2 aromatic rings. The van der Waals surface area contributed by atoms with Crippen LogP contribution in [0.3, 0.4) is 0 Å². The Labute approximate surface area is 130 Å². The van der Waals surface area contributed by atoms with Crippen LogP contribution in [0, 0.1) is 41.5 Å². The molecule has 0 aliphatic rings. The quantitative estimate of drug-likeness (QED) is 0.649. The van der Waals surface area contributed by atoms with E-state index in [2.05, 4.69) is 66.9 Å². The first-order chi connectivity index (χ1) is 9.71. The first kappa shape index (κ1) is 16.1. The average Bonchev–Trinajstić information content (AvgIpc) is 2.75. The molecule has 0 atom stereocenters. The van der Waals surface area contributed by atoms with Crippen LogP contribution in [0.2, 0.25) is 0 Å². The summed E-state index contributed by atoms with van der Waals surface area (Å²) in [4.78, 5) is 0. The highest BCUT2D eigenvalue weighted by atomic mass is 15.1. The zero-order valence-corrected chi connectivity index (χ0v) is 15.4. The third kappa shape index (κ3) is 2.05. The number of hydrogen-bond donors (Lipinski definition) is 0. The summed E-state index contributed by atoms with van der Waals surface area (Å²) in [5.41, 5.74) is 10.4. The topological polar surface area (TPSA) is 4.93 Å². The van der Waals surface area contributed by atoms with Gasteiger partial charge in [-0.3, -0.25) is 0 Å². The highest BCUT2D eigenvalue weighted by molar-refractivity contribution is 5.93. The molecule has 0 spiro atoms. The fourth-order valence-electron chi connectivity index (χ4n) is 3.79. The van der Waals surface area contributed by atoms with Crippen molar-refractivity contribution in [3.63, 3.8) is 0 Å². The molecule has 1 nitrogen and oxygen atoms in total. The molecule has 0 aliphatic heterocycles. The summed E-state index contributed by atoms with van der Waals surface area (Å²) in [6, 6.07) is 0. The van der Waals surface area contributed by atoms with Gasteiger partial charge in [-0.25, -0.2) is 0 Å². The van der Waals surface area contributed by atoms with E-state index in [0.717, 1.165) is 0 Å². The predicted molar refractivity (Wildman–Crippen MR) is 94.6 cm³/mol. The predicted octanol–water partition coefficient (Wildman–Crippen LogP) is 6.03. The highest BCUT2D eigenvalue weighted by Crippen LogP contribution is 2.40. The van der Waals surface area contributed by atoms with Gasteiger partial charge in [0.1, 0.15) is 0 Å². The summed E-state index contributed by atoms with van der Waals surface area (Å²) in [5, 5.41) is 1.49. The number of benzene rings is 1. The first-order valence-corrected chi connectivity index (χ1v) is 8.29. The van der Waals surface area contributed by atoms with Crippen LogP contribution in [0.4, 0.5) is 0 Å². The number of aryl methyl sites for hydroxylation is 3. The van der Waals surface area contributed by atoms with Gasteiger partial charge in [-0.1, -0.05) is 13.8 Å². The van der Waals surface area contributed by atoms with Gasteiger partial charge in [0, 0.05) is 16.6 Å². The molecule has 2 rings (SSSR count). The fourth-order valence-corrected chi connectivity index (χ4v) is 3.79. The van der Waals surface area contributed by atoms with Crippen molar-refractivity contribution < 1.29 is 0 Å². The van der Waals surface area contributed by atoms with Gasteiger partial charge in [0.05, 0.1) is 5.52 Å². The second kappa shape index (κ2) is 5.19. The molecule has 1 heteroatoms. The summed E-state index contributed by atoms with van der Waals surface area (Å²) in [6.07, 6.45) is 2.33. The monoisotopic (exact) mass is 285 g/mol. The summed E-state index contributed by atoms with van der Waals surface area (Å²) in [7, 11) is 0. The Bertz CT molecular complexity index is 697. The molecule has 0 N–H and O–H groups in total. The Morgan fingerprint density at radius 3 is 1.67 bits per heavy atom. The lowest BCUT2D eigenvalue weighted by molar-refractivity contribution is 0.298. The second-order valence-corrected chi connectivity index (χ2v) is 6.97. The van der Waals surface area contributed by atoms with E-state index in [1.165, 1.54) is 57.3 Å². The maximum absolute atomic E-state index is 2.63. The zero-order chi connectivity index (χ0) is 16.1. The van der Waals surface area contributed by atoms with E-state index in [1.54, 1.807) is 0 Å². The Hall–Kier alpha value is -1.24. The largest absolute Gasteiger partial charge is 0.339 e. The van der Waals surface area contributed by atoms with E-state index in [4.69, 9.17) is 0 Å². The fraction of sp³-hybridized carbons (Fsp3) is 0.600. The Morgan fingerprint density at radius 2 is 1.19 bits per heavy atom. The molecule has 1 heterocycles. The summed E-state index contributed by atoms with van der Waals surface area (Å²) >= 11 is 0. The van der Waals surface area contributed by atoms with Crippen LogP contribution in [-0.2, 0) is 5.54 Å². The van der Waals surface area contributed by atoms with Crippen LogP contribution < -0.4 is 0 Å². The molecular formula is C20H31N. The van der Waals surface area contributed by atoms with Crippen LogP contribution in [0.15, 0.2) is 0 Å². The number of fused-ring (bicyclic) bond motifs is 1. The molecule has 0 saturated carbocycles. The average molecular weight is 285 g/mol. The Morgan fingerprint density at radius 1 is 0.714 bits per heavy atom. The molecule has 0 aliphatic carbocycles. The van der Waals surface area contributed by atoms with E-state index >= 15 is 0 Å². The van der Waals surface area contributed by atoms with Crippen molar-refractivity contribution in [3.8, 4) is 0 Å². The van der Waals surface area contributed by atoms with Gasteiger partial charge in [0.25, 0.3) is 0 Å². The minimum Gasteiger partial charge on any atom is -0.339 e.